The first-order valence-corrected chi connectivity index (χ1v) is 5.49. The van der Waals surface area contributed by atoms with Gasteiger partial charge in [-0.1, -0.05) is 13.8 Å². The van der Waals surface area contributed by atoms with Gasteiger partial charge in [0, 0.05) is 25.4 Å². The zero-order valence-electron chi connectivity index (χ0n) is 10.5. The first kappa shape index (κ1) is 16.5. The van der Waals surface area contributed by atoms with Gasteiger partial charge in [0.05, 0.1) is 0 Å². The van der Waals surface area contributed by atoms with Crippen LogP contribution in [0.4, 0.5) is 0 Å². The molecule has 0 aromatic rings. The van der Waals surface area contributed by atoms with E-state index in [9.17, 15) is 9.59 Å². The number of carbonyl (C=O) groups is 2. The third-order valence-corrected chi connectivity index (χ3v) is 1.62. The summed E-state index contributed by atoms with van der Waals surface area (Å²) in [4.78, 5) is 21.7. The highest BCUT2D eigenvalue weighted by Crippen LogP contribution is 1.91. The lowest BCUT2D eigenvalue weighted by molar-refractivity contribution is -0.125. The van der Waals surface area contributed by atoms with E-state index in [2.05, 4.69) is 10.6 Å². The molecule has 0 aromatic carbocycles. The second kappa shape index (κ2) is 11.2. The highest BCUT2D eigenvalue weighted by Gasteiger charge is 2.06. The molecule has 15 heavy (non-hydrogen) atoms. The number of carbonyl (C=O) groups excluding carboxylic acids is 2. The number of nitrogens with one attached hydrogen (secondary N) is 2. The van der Waals surface area contributed by atoms with Gasteiger partial charge in [0.2, 0.25) is 5.91 Å². The van der Waals surface area contributed by atoms with Gasteiger partial charge in [0.1, 0.15) is 5.78 Å². The number of hydrogen-bond donors (Lipinski definition) is 2. The van der Waals surface area contributed by atoms with E-state index in [0.717, 1.165) is 6.54 Å². The highest BCUT2D eigenvalue weighted by atomic mass is 16.2. The van der Waals surface area contributed by atoms with Gasteiger partial charge in [-0.2, -0.15) is 0 Å². The lowest BCUT2D eigenvalue weighted by Crippen LogP contribution is -2.38. The van der Waals surface area contributed by atoms with Crippen LogP contribution in [-0.2, 0) is 9.59 Å². The SMILES string of the molecule is CC.CNCC(C)NC(=O)CCC(C)=O. The number of rotatable bonds is 6. The van der Waals surface area contributed by atoms with Crippen molar-refractivity contribution in [2.24, 2.45) is 0 Å². The molecule has 0 spiro atoms. The van der Waals surface area contributed by atoms with Gasteiger partial charge < -0.3 is 15.4 Å². The van der Waals surface area contributed by atoms with Crippen LogP contribution < -0.4 is 10.6 Å². The first-order chi connectivity index (χ1) is 7.06. The average Bonchev–Trinajstić information content (AvgIpc) is 2.18. The zero-order valence-corrected chi connectivity index (χ0v) is 10.5. The zero-order chi connectivity index (χ0) is 12.3. The predicted molar refractivity (Wildman–Crippen MR) is 62.8 cm³/mol. The molecule has 0 fully saturated rings. The average molecular weight is 216 g/mol. The quantitative estimate of drug-likeness (QED) is 0.699. The summed E-state index contributed by atoms with van der Waals surface area (Å²) in [6, 6.07) is 0.115. The number of likely N-dealkylation sites (N-methyl/N-ethyl adjacent to an activating group) is 1. The van der Waals surface area contributed by atoms with Crippen LogP contribution >= 0.6 is 0 Å². The van der Waals surface area contributed by atoms with Crippen LogP contribution in [0.5, 0.6) is 0 Å². The van der Waals surface area contributed by atoms with Crippen LogP contribution in [0.1, 0.15) is 40.5 Å². The maximum absolute atomic E-state index is 11.1. The summed E-state index contributed by atoms with van der Waals surface area (Å²) in [7, 11) is 1.83. The van der Waals surface area contributed by atoms with Crippen molar-refractivity contribution < 1.29 is 9.59 Å². The molecule has 1 amide bonds. The van der Waals surface area contributed by atoms with Crippen LogP contribution in [0.15, 0.2) is 0 Å². The van der Waals surface area contributed by atoms with Crippen molar-refractivity contribution in [3.8, 4) is 0 Å². The number of hydrogen-bond acceptors (Lipinski definition) is 3. The molecule has 0 aliphatic rings. The van der Waals surface area contributed by atoms with Crippen molar-refractivity contribution in [1.29, 1.82) is 0 Å². The Hall–Kier alpha value is -0.900. The third-order valence-electron chi connectivity index (χ3n) is 1.62. The van der Waals surface area contributed by atoms with E-state index in [1.165, 1.54) is 6.92 Å². The van der Waals surface area contributed by atoms with Gasteiger partial charge in [-0.3, -0.25) is 4.79 Å². The Morgan fingerprint density at radius 3 is 2.13 bits per heavy atom. The topological polar surface area (TPSA) is 58.2 Å². The molecule has 0 saturated heterocycles. The molecule has 2 N–H and O–H groups in total. The molecule has 1 unspecified atom stereocenters. The molecule has 4 nitrogen and oxygen atoms in total. The number of Topliss-reactive ketones (excluding diaryl/α,β-unsaturated/α-hetero) is 1. The minimum absolute atomic E-state index is 0.0522. The van der Waals surface area contributed by atoms with E-state index in [4.69, 9.17) is 0 Å². The standard InChI is InChI=1S/C9H18N2O2.C2H6/c1-7(6-10-3)11-9(13)5-4-8(2)12;1-2/h7,10H,4-6H2,1-3H3,(H,11,13);1-2H3. The summed E-state index contributed by atoms with van der Waals surface area (Å²) in [5.74, 6) is -0.00521. The second-order valence-corrected chi connectivity index (χ2v) is 3.23. The van der Waals surface area contributed by atoms with Crippen molar-refractivity contribution in [1.82, 2.24) is 10.6 Å². The van der Waals surface area contributed by atoms with Gasteiger partial charge in [-0.25, -0.2) is 0 Å². The smallest absolute Gasteiger partial charge is 0.220 e. The molecular weight excluding hydrogens is 192 g/mol. The van der Waals surface area contributed by atoms with E-state index in [-0.39, 0.29) is 17.7 Å². The van der Waals surface area contributed by atoms with Crippen LogP contribution in [0.25, 0.3) is 0 Å². The Bertz CT molecular complexity index is 181. The second-order valence-electron chi connectivity index (χ2n) is 3.23. The molecule has 0 aliphatic heterocycles. The van der Waals surface area contributed by atoms with E-state index in [1.807, 2.05) is 27.8 Å². The molecule has 0 bridgehead atoms. The molecule has 4 heteroatoms. The fraction of sp³-hybridized carbons (Fsp3) is 0.818. The summed E-state index contributed by atoms with van der Waals surface area (Å²) in [6.45, 7) is 8.15. The lowest BCUT2D eigenvalue weighted by Gasteiger charge is -2.12. The molecule has 0 radical (unpaired) electrons. The van der Waals surface area contributed by atoms with Crippen molar-refractivity contribution in [3.63, 3.8) is 0 Å². The van der Waals surface area contributed by atoms with Crippen molar-refractivity contribution in [2.75, 3.05) is 13.6 Å². The highest BCUT2D eigenvalue weighted by molar-refractivity contribution is 5.83. The van der Waals surface area contributed by atoms with Crippen LogP contribution in [0.3, 0.4) is 0 Å². The van der Waals surface area contributed by atoms with E-state index < -0.39 is 0 Å². The van der Waals surface area contributed by atoms with E-state index in [1.54, 1.807) is 0 Å². The molecule has 0 aromatic heterocycles. The Morgan fingerprint density at radius 2 is 1.73 bits per heavy atom. The maximum Gasteiger partial charge on any atom is 0.220 e. The Kier molecular flexibility index (Phi) is 12.3. The Labute approximate surface area is 92.8 Å². The third kappa shape index (κ3) is 13.1. The van der Waals surface area contributed by atoms with Gasteiger partial charge in [0.15, 0.2) is 0 Å². The summed E-state index contributed by atoms with van der Waals surface area (Å²) in [5, 5.41) is 5.74. The maximum atomic E-state index is 11.1. The van der Waals surface area contributed by atoms with Crippen LogP contribution in [0, 0.1) is 0 Å². The number of amides is 1. The van der Waals surface area contributed by atoms with Crippen LogP contribution in [0.2, 0.25) is 0 Å². The van der Waals surface area contributed by atoms with Crippen LogP contribution in [-0.4, -0.2) is 31.3 Å². The molecule has 0 rings (SSSR count). The molecule has 1 atom stereocenters. The molecule has 90 valence electrons. The fourth-order valence-corrected chi connectivity index (χ4v) is 0.994. The van der Waals surface area contributed by atoms with E-state index in [0.29, 0.717) is 12.8 Å². The van der Waals surface area contributed by atoms with Gasteiger partial charge in [-0.15, -0.1) is 0 Å². The Morgan fingerprint density at radius 1 is 1.20 bits per heavy atom. The summed E-state index contributed by atoms with van der Waals surface area (Å²) in [6.07, 6.45) is 0.626. The molecule has 0 aliphatic carbocycles. The normalized spacial score (nSPS) is 11.0. The Balaban J connectivity index is 0. The van der Waals surface area contributed by atoms with Crippen molar-refractivity contribution >= 4 is 11.7 Å². The van der Waals surface area contributed by atoms with Crippen molar-refractivity contribution in [2.45, 2.75) is 46.6 Å². The molecular formula is C11H24N2O2. The monoisotopic (exact) mass is 216 g/mol. The predicted octanol–water partition coefficient (Wildman–Crippen LogP) is 1.11. The van der Waals surface area contributed by atoms with Gasteiger partial charge in [-0.05, 0) is 20.9 Å². The largest absolute Gasteiger partial charge is 0.352 e. The summed E-state index contributed by atoms with van der Waals surface area (Å²) in [5.41, 5.74) is 0. The minimum Gasteiger partial charge on any atom is -0.352 e. The first-order valence-electron chi connectivity index (χ1n) is 5.49. The van der Waals surface area contributed by atoms with Crippen molar-refractivity contribution in [3.05, 3.63) is 0 Å². The summed E-state index contributed by atoms with van der Waals surface area (Å²) >= 11 is 0. The van der Waals surface area contributed by atoms with E-state index >= 15 is 0 Å². The van der Waals surface area contributed by atoms with Gasteiger partial charge >= 0.3 is 0 Å². The summed E-state index contributed by atoms with van der Waals surface area (Å²) < 4.78 is 0. The minimum atomic E-state index is -0.0575. The molecule has 0 saturated carbocycles. The lowest BCUT2D eigenvalue weighted by atomic mass is 10.2. The number of ketones is 1. The van der Waals surface area contributed by atoms with Gasteiger partial charge in [0.25, 0.3) is 0 Å². The fourth-order valence-electron chi connectivity index (χ4n) is 0.994. The molecule has 0 heterocycles.